The Labute approximate surface area is 168 Å². The van der Waals surface area contributed by atoms with Crippen LogP contribution in [0.5, 0.6) is 0 Å². The topological polar surface area (TPSA) is 73.0 Å². The van der Waals surface area contributed by atoms with Crippen LogP contribution in [-0.4, -0.2) is 32.3 Å². The predicted molar refractivity (Wildman–Crippen MR) is 114 cm³/mol. The van der Waals surface area contributed by atoms with E-state index in [0.29, 0.717) is 27.5 Å². The number of hydrogen-bond acceptors (Lipinski definition) is 5. The summed E-state index contributed by atoms with van der Waals surface area (Å²) in [5.74, 6) is 0.558. The van der Waals surface area contributed by atoms with Crippen molar-refractivity contribution in [2.45, 2.75) is 19.9 Å². The Balaban J connectivity index is 2.29. The quantitative estimate of drug-likeness (QED) is 0.596. The number of hydrogen-bond donors (Lipinski definition) is 0. The van der Waals surface area contributed by atoms with Gasteiger partial charge in [-0.2, -0.15) is 5.10 Å². The molecule has 8 heteroatoms. The van der Waals surface area contributed by atoms with E-state index in [4.69, 9.17) is 4.98 Å². The largest absolute Gasteiger partial charge is 0.268 e. The van der Waals surface area contributed by atoms with Gasteiger partial charge in [-0.05, 0) is 48.4 Å². The Bertz CT molecular complexity index is 1060. The number of rotatable bonds is 4. The van der Waals surface area contributed by atoms with E-state index in [1.807, 2.05) is 56.7 Å². The third-order valence-electron chi connectivity index (χ3n) is 3.71. The fourth-order valence-corrected chi connectivity index (χ4v) is 3.48. The maximum absolute atomic E-state index is 12.1. The molecule has 3 rings (SSSR count). The molecule has 0 atom stereocenters. The third-order valence-corrected chi connectivity index (χ3v) is 4.78. The first-order chi connectivity index (χ1) is 12.9. The van der Waals surface area contributed by atoms with E-state index in [9.17, 15) is 4.79 Å². The van der Waals surface area contributed by atoms with Crippen molar-refractivity contribution in [2.24, 2.45) is 4.36 Å². The van der Waals surface area contributed by atoms with Crippen molar-refractivity contribution in [1.82, 2.24) is 19.7 Å². The number of halogens is 1. The average molecular weight is 446 g/mol. The third kappa shape index (κ3) is 4.39. The molecular formula is C19H20BrN5OS. The summed E-state index contributed by atoms with van der Waals surface area (Å²) in [4.78, 5) is 21.5. The molecule has 27 heavy (non-hydrogen) atoms. The monoisotopic (exact) mass is 445 g/mol. The molecule has 0 N–H and O–H groups in total. The van der Waals surface area contributed by atoms with Gasteiger partial charge in [0.1, 0.15) is 17.1 Å². The van der Waals surface area contributed by atoms with Crippen LogP contribution in [-0.2, 0) is 10.7 Å². The molecule has 1 aromatic carbocycles. The maximum atomic E-state index is 12.1. The van der Waals surface area contributed by atoms with Crippen LogP contribution in [0.2, 0.25) is 0 Å². The van der Waals surface area contributed by atoms with E-state index in [0.717, 1.165) is 5.56 Å². The molecule has 140 valence electrons. The normalized spacial score (nSPS) is 11.2. The van der Waals surface area contributed by atoms with E-state index >= 15 is 0 Å². The van der Waals surface area contributed by atoms with Gasteiger partial charge in [0.2, 0.25) is 0 Å². The molecule has 0 amide bonds. The molecule has 0 spiro atoms. The van der Waals surface area contributed by atoms with E-state index < -0.39 is 0 Å². The summed E-state index contributed by atoms with van der Waals surface area (Å²) in [6, 6.07) is 12.9. The standard InChI is InChI=1S/C19H20BrN5OS/c1-12(2)25-15(26)11-10-14(23-25)17-16(13-8-6-5-7-9-13)22-19(18(20)21-17)24-27(3)4/h5-12H,1-4H3. The first-order valence-corrected chi connectivity index (χ1v) is 11.2. The molecule has 0 saturated heterocycles. The number of aromatic nitrogens is 4. The lowest BCUT2D eigenvalue weighted by atomic mass is 10.1. The molecule has 0 aliphatic heterocycles. The lowest BCUT2D eigenvalue weighted by Crippen LogP contribution is -2.24. The SMILES string of the molecule is CC(C)n1nc(-c2nc(Br)c(N=S(C)C)nc2-c2ccccc2)ccc1=O. The van der Waals surface area contributed by atoms with E-state index in [1.54, 1.807) is 6.07 Å². The zero-order valence-electron chi connectivity index (χ0n) is 15.5. The van der Waals surface area contributed by atoms with Crippen molar-refractivity contribution in [3.63, 3.8) is 0 Å². The number of nitrogens with zero attached hydrogens (tertiary/aromatic N) is 5. The second-order valence-corrected chi connectivity index (χ2v) is 8.84. The van der Waals surface area contributed by atoms with Gasteiger partial charge >= 0.3 is 0 Å². The molecule has 2 aromatic heterocycles. The van der Waals surface area contributed by atoms with Gasteiger partial charge in [-0.15, -0.1) is 0 Å². The summed E-state index contributed by atoms with van der Waals surface area (Å²) in [6.07, 6.45) is 4.04. The smallest absolute Gasteiger partial charge is 0.267 e. The minimum Gasteiger partial charge on any atom is -0.268 e. The highest BCUT2D eigenvalue weighted by Gasteiger charge is 2.18. The molecule has 0 aliphatic carbocycles. The molecule has 0 unspecified atom stereocenters. The zero-order chi connectivity index (χ0) is 19.6. The van der Waals surface area contributed by atoms with Crippen molar-refractivity contribution in [3.05, 3.63) is 57.4 Å². The maximum Gasteiger partial charge on any atom is 0.267 e. The van der Waals surface area contributed by atoms with E-state index in [2.05, 4.69) is 30.4 Å². The highest BCUT2D eigenvalue weighted by molar-refractivity contribution is 9.10. The highest BCUT2D eigenvalue weighted by atomic mass is 79.9. The molecule has 0 fully saturated rings. The predicted octanol–water partition coefficient (Wildman–Crippen LogP) is 4.40. The Morgan fingerprint density at radius 1 is 1.04 bits per heavy atom. The first-order valence-electron chi connectivity index (χ1n) is 8.39. The highest BCUT2D eigenvalue weighted by Crippen LogP contribution is 2.33. The van der Waals surface area contributed by atoms with Crippen molar-refractivity contribution in [1.29, 1.82) is 0 Å². The molecular weight excluding hydrogens is 426 g/mol. The lowest BCUT2D eigenvalue weighted by Gasteiger charge is -2.13. The van der Waals surface area contributed by atoms with Crippen LogP contribution >= 0.6 is 15.9 Å². The van der Waals surface area contributed by atoms with Gasteiger partial charge in [-0.1, -0.05) is 41.0 Å². The second-order valence-electron chi connectivity index (χ2n) is 6.36. The minimum absolute atomic E-state index is 0.0505. The van der Waals surface area contributed by atoms with Crippen LogP contribution in [0.1, 0.15) is 19.9 Å². The summed E-state index contributed by atoms with van der Waals surface area (Å²) in [5.41, 5.74) is 2.65. The van der Waals surface area contributed by atoms with Crippen LogP contribution in [0.15, 0.2) is 56.2 Å². The molecule has 0 saturated carbocycles. The molecule has 2 heterocycles. The van der Waals surface area contributed by atoms with Gasteiger partial charge in [0, 0.05) is 11.6 Å². The van der Waals surface area contributed by atoms with Gasteiger partial charge in [0.25, 0.3) is 5.56 Å². The summed E-state index contributed by atoms with van der Waals surface area (Å²) in [5, 5.41) is 4.51. The van der Waals surface area contributed by atoms with Gasteiger partial charge < -0.3 is 0 Å². The molecule has 0 radical (unpaired) electrons. The summed E-state index contributed by atoms with van der Waals surface area (Å²) >= 11 is 3.48. The van der Waals surface area contributed by atoms with E-state index in [-0.39, 0.29) is 22.3 Å². The van der Waals surface area contributed by atoms with Gasteiger partial charge in [-0.25, -0.2) is 19.0 Å². The molecule has 0 aliphatic rings. The second kappa shape index (κ2) is 8.22. The summed E-state index contributed by atoms with van der Waals surface area (Å²) < 4.78 is 6.58. The first kappa shape index (κ1) is 19.6. The fraction of sp³-hybridized carbons (Fsp3) is 0.263. The summed E-state index contributed by atoms with van der Waals surface area (Å²) in [6.45, 7) is 3.84. The molecule has 3 aromatic rings. The van der Waals surface area contributed by atoms with Crippen molar-refractivity contribution < 1.29 is 0 Å². The van der Waals surface area contributed by atoms with Crippen LogP contribution in [0.25, 0.3) is 22.6 Å². The molecule has 0 bridgehead atoms. The Hall–Kier alpha value is -2.19. The van der Waals surface area contributed by atoms with Crippen LogP contribution in [0.3, 0.4) is 0 Å². The van der Waals surface area contributed by atoms with Crippen LogP contribution < -0.4 is 5.56 Å². The Kier molecular flexibility index (Phi) is 5.96. The van der Waals surface area contributed by atoms with Gasteiger partial charge in [0.15, 0.2) is 10.4 Å². The van der Waals surface area contributed by atoms with Crippen LogP contribution in [0, 0.1) is 0 Å². The molecule has 6 nitrogen and oxygen atoms in total. The zero-order valence-corrected chi connectivity index (χ0v) is 18.0. The van der Waals surface area contributed by atoms with Gasteiger partial charge in [0.05, 0.1) is 6.04 Å². The van der Waals surface area contributed by atoms with E-state index in [1.165, 1.54) is 10.7 Å². The number of benzene rings is 1. The van der Waals surface area contributed by atoms with Gasteiger partial charge in [-0.3, -0.25) is 4.79 Å². The Morgan fingerprint density at radius 3 is 2.37 bits per heavy atom. The minimum atomic E-state index is -0.174. The van der Waals surface area contributed by atoms with Crippen molar-refractivity contribution in [3.8, 4) is 22.6 Å². The lowest BCUT2D eigenvalue weighted by molar-refractivity contribution is 0.504. The summed E-state index contributed by atoms with van der Waals surface area (Å²) in [7, 11) is -0.174. The Morgan fingerprint density at radius 2 is 1.74 bits per heavy atom. The van der Waals surface area contributed by atoms with Crippen molar-refractivity contribution in [2.75, 3.05) is 12.5 Å². The average Bonchev–Trinajstić information content (AvgIpc) is 2.63. The fourth-order valence-electron chi connectivity index (χ4n) is 2.53. The van der Waals surface area contributed by atoms with Crippen LogP contribution in [0.4, 0.5) is 5.82 Å². The van der Waals surface area contributed by atoms with Crippen molar-refractivity contribution >= 4 is 32.4 Å².